The number of hydrogen-bond acceptors (Lipinski definition) is 2. The molecule has 0 heterocycles. The predicted molar refractivity (Wildman–Crippen MR) is 122 cm³/mol. The summed E-state index contributed by atoms with van der Waals surface area (Å²) in [4.78, 5) is 0.898. The number of aryl methyl sites for hydroxylation is 1. The summed E-state index contributed by atoms with van der Waals surface area (Å²) in [7, 11) is -1.10. The molecule has 160 valence electrons. The molecule has 2 nitrogen and oxygen atoms in total. The van der Waals surface area contributed by atoms with Crippen molar-refractivity contribution in [2.24, 2.45) is 10.8 Å². The van der Waals surface area contributed by atoms with Crippen molar-refractivity contribution in [3.05, 3.63) is 29.8 Å². The van der Waals surface area contributed by atoms with E-state index in [1.54, 1.807) is 0 Å². The molecule has 2 saturated carbocycles. The third-order valence-electron chi connectivity index (χ3n) is 7.67. The lowest BCUT2D eigenvalue weighted by atomic mass is 9.84. The lowest BCUT2D eigenvalue weighted by Crippen LogP contribution is -2.13. The van der Waals surface area contributed by atoms with Gasteiger partial charge in [0.2, 0.25) is 0 Å². The molecule has 2 aliphatic carbocycles. The fourth-order valence-electron chi connectivity index (χ4n) is 5.67. The van der Waals surface area contributed by atoms with Crippen LogP contribution in [0.1, 0.15) is 102 Å². The highest BCUT2D eigenvalue weighted by Gasteiger charge is 2.75. The summed E-state index contributed by atoms with van der Waals surface area (Å²) >= 11 is 0. The Balaban J connectivity index is 1.76. The van der Waals surface area contributed by atoms with E-state index in [1.807, 2.05) is 24.3 Å². The molecule has 3 rings (SSSR count). The minimum absolute atomic E-state index is 0.0154. The molecule has 2 aliphatic rings. The second-order valence-electron chi connectivity index (χ2n) is 9.70. The highest BCUT2D eigenvalue weighted by Crippen LogP contribution is 2.71. The second-order valence-corrected chi connectivity index (χ2v) is 11.2. The van der Waals surface area contributed by atoms with Gasteiger partial charge >= 0.3 is 0 Å². The van der Waals surface area contributed by atoms with Crippen LogP contribution in [0.4, 0.5) is 0 Å². The van der Waals surface area contributed by atoms with Gasteiger partial charge < -0.3 is 0 Å². The first-order valence-electron chi connectivity index (χ1n) is 11.9. The number of nitrogens with zero attached hydrogens (tertiary/aromatic N) is 1. The van der Waals surface area contributed by atoms with Crippen molar-refractivity contribution >= 4 is 10.8 Å². The molecule has 3 atom stereocenters. The van der Waals surface area contributed by atoms with E-state index < -0.39 is 16.2 Å². The summed E-state index contributed by atoms with van der Waals surface area (Å²) < 4.78 is 13.5. The van der Waals surface area contributed by atoms with Gasteiger partial charge in [-0.1, -0.05) is 94.7 Å². The average molecular weight is 414 g/mol. The Morgan fingerprint density at radius 1 is 0.828 bits per heavy atom. The minimum Gasteiger partial charge on any atom is -0.254 e. The van der Waals surface area contributed by atoms with Gasteiger partial charge in [0, 0.05) is 10.3 Å². The zero-order valence-electron chi connectivity index (χ0n) is 18.5. The van der Waals surface area contributed by atoms with Crippen molar-refractivity contribution in [3.8, 4) is 6.07 Å². The lowest BCUT2D eigenvalue weighted by molar-refractivity contribution is 0.329. The van der Waals surface area contributed by atoms with Crippen molar-refractivity contribution in [1.82, 2.24) is 0 Å². The fraction of sp³-hybridized carbons (Fsp3) is 0.731. The van der Waals surface area contributed by atoms with Crippen LogP contribution < -0.4 is 0 Å². The number of rotatable bonds is 2. The summed E-state index contributed by atoms with van der Waals surface area (Å²) in [5.41, 5.74) is 0.683. The average Bonchev–Trinajstić information content (AvgIpc) is 3.26. The molecule has 0 amide bonds. The summed E-state index contributed by atoms with van der Waals surface area (Å²) in [6, 6.07) is 10.7. The van der Waals surface area contributed by atoms with E-state index in [4.69, 9.17) is 0 Å². The molecular weight excluding hydrogens is 374 g/mol. The van der Waals surface area contributed by atoms with Gasteiger partial charge in [-0.3, -0.25) is 4.21 Å². The molecule has 0 bridgehead atoms. The first-order chi connectivity index (χ1) is 14.0. The predicted octanol–water partition coefficient (Wildman–Crippen LogP) is 7.48. The summed E-state index contributed by atoms with van der Waals surface area (Å²) in [5, 5.41) is 10.1. The molecule has 1 spiro atoms. The maximum Gasteiger partial charge on any atom is 0.0766 e. The third kappa shape index (κ3) is 4.96. The van der Waals surface area contributed by atoms with Crippen molar-refractivity contribution in [3.63, 3.8) is 0 Å². The van der Waals surface area contributed by atoms with Crippen LogP contribution in [-0.2, 0) is 10.8 Å². The van der Waals surface area contributed by atoms with Gasteiger partial charge in [0.25, 0.3) is 0 Å². The highest BCUT2D eigenvalue weighted by atomic mass is 32.2. The van der Waals surface area contributed by atoms with Crippen LogP contribution in [0, 0.1) is 29.1 Å². The van der Waals surface area contributed by atoms with Gasteiger partial charge in [0.1, 0.15) is 0 Å². The standard InChI is InChI=1S/C26H39NOS/c1-22-15-17-23(18-16-22)29(28)24-25(2,21-27)26(24)19-13-11-9-7-5-3-4-6-8-10-12-14-20-26/h15-18,24H,3-14,19-20H2,1-2H3. The maximum absolute atomic E-state index is 13.5. The molecule has 0 N–H and O–H groups in total. The highest BCUT2D eigenvalue weighted by molar-refractivity contribution is 7.86. The smallest absolute Gasteiger partial charge is 0.0766 e. The molecule has 0 aromatic heterocycles. The zero-order chi connectivity index (χ0) is 20.7. The molecular formula is C26H39NOS. The molecule has 3 heteroatoms. The van der Waals surface area contributed by atoms with Gasteiger partial charge in [-0.25, -0.2) is 0 Å². The van der Waals surface area contributed by atoms with Crippen molar-refractivity contribution in [2.45, 2.75) is 114 Å². The Morgan fingerprint density at radius 3 is 1.66 bits per heavy atom. The molecule has 3 unspecified atom stereocenters. The quantitative estimate of drug-likeness (QED) is 0.504. The van der Waals surface area contributed by atoms with Crippen molar-refractivity contribution < 1.29 is 4.21 Å². The number of benzene rings is 1. The topological polar surface area (TPSA) is 40.9 Å². The first-order valence-corrected chi connectivity index (χ1v) is 13.1. The zero-order valence-corrected chi connectivity index (χ0v) is 19.4. The number of nitriles is 1. The van der Waals surface area contributed by atoms with Crippen molar-refractivity contribution in [1.29, 1.82) is 5.26 Å². The van der Waals surface area contributed by atoms with E-state index in [0.29, 0.717) is 0 Å². The Morgan fingerprint density at radius 2 is 1.24 bits per heavy atom. The molecule has 1 aromatic carbocycles. The first kappa shape index (κ1) is 22.5. The SMILES string of the molecule is Cc1ccc(S(=O)C2C(C)(C#N)C23CCCCCCCCCCCCCC3)cc1. The molecule has 1 aromatic rings. The van der Waals surface area contributed by atoms with E-state index in [-0.39, 0.29) is 10.7 Å². The number of hydrogen-bond donors (Lipinski definition) is 0. The fourth-order valence-corrected chi connectivity index (χ4v) is 7.89. The van der Waals surface area contributed by atoms with Crippen molar-refractivity contribution in [2.75, 3.05) is 0 Å². The van der Waals surface area contributed by atoms with E-state index in [0.717, 1.165) is 17.7 Å². The van der Waals surface area contributed by atoms with E-state index in [9.17, 15) is 9.47 Å². The molecule has 29 heavy (non-hydrogen) atoms. The van der Waals surface area contributed by atoms with Crippen LogP contribution in [0.3, 0.4) is 0 Å². The van der Waals surface area contributed by atoms with Gasteiger partial charge in [0.15, 0.2) is 0 Å². The van der Waals surface area contributed by atoms with Gasteiger partial charge in [0.05, 0.1) is 27.5 Å². The molecule has 0 radical (unpaired) electrons. The Labute approximate surface area is 180 Å². The summed E-state index contributed by atoms with van der Waals surface area (Å²) in [6.45, 7) is 4.16. The molecule has 2 fully saturated rings. The molecule has 0 aliphatic heterocycles. The monoisotopic (exact) mass is 413 g/mol. The van der Waals surface area contributed by atoms with Gasteiger partial charge in [-0.05, 0) is 38.8 Å². The van der Waals surface area contributed by atoms with Crippen LogP contribution in [0.2, 0.25) is 0 Å². The Kier molecular flexibility index (Phi) is 7.97. The lowest BCUT2D eigenvalue weighted by Gasteiger charge is -2.19. The summed E-state index contributed by atoms with van der Waals surface area (Å²) in [5.74, 6) is 0. The van der Waals surface area contributed by atoms with Crippen LogP contribution in [0.15, 0.2) is 29.2 Å². The summed E-state index contributed by atoms with van der Waals surface area (Å²) in [6.07, 6.45) is 17.9. The third-order valence-corrected chi connectivity index (χ3v) is 9.76. The molecule has 0 saturated heterocycles. The van der Waals surface area contributed by atoms with Crippen LogP contribution in [0.25, 0.3) is 0 Å². The van der Waals surface area contributed by atoms with Crippen LogP contribution in [0.5, 0.6) is 0 Å². The normalized spacial score (nSPS) is 29.9. The van der Waals surface area contributed by atoms with Crippen LogP contribution >= 0.6 is 0 Å². The van der Waals surface area contributed by atoms with Gasteiger partial charge in [-0.2, -0.15) is 5.26 Å². The van der Waals surface area contributed by atoms with Crippen LogP contribution in [-0.4, -0.2) is 9.46 Å². The van der Waals surface area contributed by atoms with E-state index >= 15 is 0 Å². The Bertz CT molecular complexity index is 703. The maximum atomic E-state index is 13.5. The second kappa shape index (κ2) is 10.3. The largest absolute Gasteiger partial charge is 0.254 e. The Hall–Kier alpha value is -1.14. The van der Waals surface area contributed by atoms with E-state index in [1.165, 1.54) is 82.6 Å². The minimum atomic E-state index is -1.10. The van der Waals surface area contributed by atoms with Gasteiger partial charge in [-0.15, -0.1) is 0 Å². The van der Waals surface area contributed by atoms with E-state index in [2.05, 4.69) is 19.9 Å².